The summed E-state index contributed by atoms with van der Waals surface area (Å²) in [5, 5.41) is 10.6. The Morgan fingerprint density at radius 2 is 1.92 bits per heavy atom. The van der Waals surface area contributed by atoms with E-state index in [1.165, 1.54) is 12.1 Å². The van der Waals surface area contributed by atoms with Crippen LogP contribution in [-0.4, -0.2) is 23.3 Å². The molecule has 1 aromatic rings. The van der Waals surface area contributed by atoms with Crippen molar-refractivity contribution >= 4 is 52.2 Å². The first kappa shape index (κ1) is 12.6. The third-order valence-corrected chi connectivity index (χ3v) is 1.93. The van der Waals surface area contributed by atoms with Gasteiger partial charge in [0.25, 0.3) is 0 Å². The maximum atomic E-state index is 10.4. The molecule has 0 unspecified atom stereocenters. The molecule has 0 bridgehead atoms. The van der Waals surface area contributed by atoms with Crippen LogP contribution in [0.2, 0.25) is 10.0 Å². The Morgan fingerprint density at radius 3 is 2.38 bits per heavy atom. The van der Waals surface area contributed by atoms with Crippen molar-refractivity contribution in [3.8, 4) is 0 Å². The van der Waals surface area contributed by atoms with Crippen LogP contribution in [0, 0.1) is 0 Å². The third-order valence-electron chi connectivity index (χ3n) is 1.29. The van der Waals surface area contributed by atoms with Gasteiger partial charge in [-0.3, -0.25) is 0 Å². The minimum absolute atomic E-state index is 0. The van der Waals surface area contributed by atoms with E-state index < -0.39 is 5.97 Å². The minimum atomic E-state index is -1.39. The topological polar surface area (TPSA) is 66.2 Å². The smallest absolute Gasteiger partial charge is 0.545 e. The van der Waals surface area contributed by atoms with Crippen molar-refractivity contribution in [1.82, 2.24) is 0 Å². The van der Waals surface area contributed by atoms with E-state index in [1.807, 2.05) is 0 Å². The van der Waals surface area contributed by atoms with Crippen LogP contribution in [0.3, 0.4) is 0 Å². The van der Waals surface area contributed by atoms with Crippen LogP contribution in [-0.2, 0) is 0 Å². The van der Waals surface area contributed by atoms with Crippen LogP contribution in [0.15, 0.2) is 12.1 Å². The Bertz CT molecular complexity index is 344. The first-order valence-corrected chi connectivity index (χ1v) is 3.74. The number of carbonyl (C=O) groups is 1. The molecule has 0 aliphatic carbocycles. The molecule has 0 fully saturated rings. The normalized spacial score (nSPS) is 9.08. The second-order valence-corrected chi connectivity index (χ2v) is 2.96. The molecule has 6 heteroatoms. The zero-order valence-electron chi connectivity index (χ0n) is 6.38. The number of carboxylic acids is 1. The summed E-state index contributed by atoms with van der Waals surface area (Å²) >= 11 is 11.1. The molecule has 64 valence electrons. The van der Waals surface area contributed by atoms with E-state index in [4.69, 9.17) is 28.9 Å². The van der Waals surface area contributed by atoms with E-state index >= 15 is 0 Å². The molecule has 1 aromatic carbocycles. The number of nitrogen functional groups attached to an aromatic ring is 1. The third kappa shape index (κ3) is 2.78. The number of hydrogen-bond donors (Lipinski definition) is 1. The van der Waals surface area contributed by atoms with Crippen LogP contribution in [0.25, 0.3) is 0 Å². The van der Waals surface area contributed by atoms with Gasteiger partial charge < -0.3 is 15.6 Å². The van der Waals surface area contributed by atoms with Gasteiger partial charge in [-0.15, -0.1) is 0 Å². The molecular formula is C7H4AlCl2NO2+2. The largest absolute Gasteiger partial charge is 3.00 e. The van der Waals surface area contributed by atoms with Gasteiger partial charge in [-0.05, 0) is 12.1 Å². The number of aromatic carboxylic acids is 1. The van der Waals surface area contributed by atoms with Crippen LogP contribution in [0.1, 0.15) is 10.4 Å². The van der Waals surface area contributed by atoms with Gasteiger partial charge in [-0.25, -0.2) is 0 Å². The van der Waals surface area contributed by atoms with Gasteiger partial charge in [0.2, 0.25) is 0 Å². The molecule has 0 saturated carbocycles. The molecule has 0 radical (unpaired) electrons. The Balaban J connectivity index is 0.00000144. The molecule has 0 aromatic heterocycles. The molecule has 0 atom stereocenters. The fraction of sp³-hybridized carbons (Fsp3) is 0. The summed E-state index contributed by atoms with van der Waals surface area (Å²) in [5.74, 6) is -1.39. The fourth-order valence-electron chi connectivity index (χ4n) is 0.759. The maximum absolute atomic E-state index is 10.4. The SMILES string of the molecule is Nc1cc(Cl)cc(C(=O)[O-])c1Cl.[Al+3]. The van der Waals surface area contributed by atoms with Gasteiger partial charge in [-0.2, -0.15) is 0 Å². The summed E-state index contributed by atoms with van der Waals surface area (Å²) in [6.45, 7) is 0. The summed E-state index contributed by atoms with van der Waals surface area (Å²) < 4.78 is 0. The first-order chi connectivity index (χ1) is 5.52. The van der Waals surface area contributed by atoms with Crippen LogP contribution >= 0.6 is 23.2 Å². The predicted octanol–water partition coefficient (Wildman–Crippen LogP) is 0.558. The van der Waals surface area contributed by atoms with Gasteiger partial charge in [0.05, 0.1) is 16.7 Å². The maximum Gasteiger partial charge on any atom is 3.00 e. The zero-order chi connectivity index (χ0) is 9.30. The van der Waals surface area contributed by atoms with Gasteiger partial charge >= 0.3 is 17.4 Å². The number of hydrogen-bond acceptors (Lipinski definition) is 3. The number of carbonyl (C=O) groups excluding carboxylic acids is 1. The van der Waals surface area contributed by atoms with Gasteiger partial charge in [0.1, 0.15) is 0 Å². The average molecular weight is 232 g/mol. The van der Waals surface area contributed by atoms with Gasteiger partial charge in [0.15, 0.2) is 0 Å². The van der Waals surface area contributed by atoms with E-state index in [2.05, 4.69) is 0 Å². The summed E-state index contributed by atoms with van der Waals surface area (Å²) in [4.78, 5) is 10.4. The summed E-state index contributed by atoms with van der Waals surface area (Å²) in [6.07, 6.45) is 0. The van der Waals surface area contributed by atoms with Crippen molar-refractivity contribution in [2.45, 2.75) is 0 Å². The number of rotatable bonds is 1. The van der Waals surface area contributed by atoms with E-state index in [0.29, 0.717) is 0 Å². The summed E-state index contributed by atoms with van der Waals surface area (Å²) in [6, 6.07) is 2.56. The molecule has 3 nitrogen and oxygen atoms in total. The number of halogens is 2. The van der Waals surface area contributed by atoms with E-state index in [1.54, 1.807) is 0 Å². The first-order valence-electron chi connectivity index (χ1n) is 2.98. The van der Waals surface area contributed by atoms with Crippen molar-refractivity contribution in [1.29, 1.82) is 0 Å². The van der Waals surface area contributed by atoms with Crippen LogP contribution in [0.5, 0.6) is 0 Å². The molecule has 13 heavy (non-hydrogen) atoms. The minimum Gasteiger partial charge on any atom is -0.545 e. The molecule has 0 amide bonds. The Labute approximate surface area is 95.6 Å². The van der Waals surface area contributed by atoms with Crippen molar-refractivity contribution in [3.63, 3.8) is 0 Å². The molecule has 0 aliphatic heterocycles. The Hall–Kier alpha value is -0.398. The van der Waals surface area contributed by atoms with Crippen LogP contribution in [0.4, 0.5) is 5.69 Å². The zero-order valence-corrected chi connectivity index (χ0v) is 9.05. The number of carboxylic acid groups (broad SMARTS) is 1. The van der Waals surface area contributed by atoms with E-state index in [0.717, 1.165) is 0 Å². The van der Waals surface area contributed by atoms with Crippen molar-refractivity contribution in [2.75, 3.05) is 5.73 Å². The monoisotopic (exact) mass is 231 g/mol. The van der Waals surface area contributed by atoms with Gasteiger partial charge in [-0.1, -0.05) is 23.2 Å². The van der Waals surface area contributed by atoms with Crippen molar-refractivity contribution in [2.24, 2.45) is 0 Å². The Morgan fingerprint density at radius 1 is 1.38 bits per heavy atom. The number of nitrogens with two attached hydrogens (primary N) is 1. The fourth-order valence-corrected chi connectivity index (χ4v) is 1.17. The molecule has 0 heterocycles. The summed E-state index contributed by atoms with van der Waals surface area (Å²) in [5.41, 5.74) is 5.29. The molecule has 0 aliphatic rings. The standard InChI is InChI=1S/C7H5Cl2NO2.Al/c8-3-1-4(7(11)12)6(9)5(10)2-3;/h1-2H,10H2,(H,11,12);/q;+3/p-1. The molecule has 0 spiro atoms. The second-order valence-electron chi connectivity index (χ2n) is 2.14. The van der Waals surface area contributed by atoms with Crippen LogP contribution < -0.4 is 10.8 Å². The molecule has 1 rings (SSSR count). The quantitative estimate of drug-likeness (QED) is 0.568. The number of benzene rings is 1. The summed E-state index contributed by atoms with van der Waals surface area (Å²) in [7, 11) is 0. The second kappa shape index (κ2) is 4.73. The molecule has 2 N–H and O–H groups in total. The van der Waals surface area contributed by atoms with Crippen molar-refractivity contribution < 1.29 is 9.90 Å². The van der Waals surface area contributed by atoms with Crippen molar-refractivity contribution in [3.05, 3.63) is 27.7 Å². The number of anilines is 1. The van der Waals surface area contributed by atoms with E-state index in [9.17, 15) is 9.90 Å². The molecule has 0 saturated heterocycles. The average Bonchev–Trinajstić information content (AvgIpc) is 1.96. The van der Waals surface area contributed by atoms with Gasteiger partial charge in [0, 0.05) is 10.6 Å². The Kier molecular flexibility index (Phi) is 4.59. The van der Waals surface area contributed by atoms with E-state index in [-0.39, 0.29) is 38.7 Å². The predicted molar refractivity (Wildman–Crippen MR) is 51.0 cm³/mol. The molecular weight excluding hydrogens is 228 g/mol.